The van der Waals surface area contributed by atoms with Gasteiger partial charge in [0.05, 0.1) is 11.1 Å². The SMILES string of the molecule is CCCC[n+]1c(C=C2C(=O)C(c3ccc(N(C)CCCC(=O)O)cc3)=C2O)ccc2ccccc21. The van der Waals surface area contributed by atoms with E-state index >= 15 is 0 Å². The van der Waals surface area contributed by atoms with Gasteiger partial charge in [-0.05, 0) is 36.2 Å². The molecule has 6 nitrogen and oxygen atoms in total. The number of fused-ring (bicyclic) bond motifs is 1. The molecule has 0 amide bonds. The predicted molar refractivity (Wildman–Crippen MR) is 138 cm³/mol. The average Bonchev–Trinajstić information content (AvgIpc) is 2.86. The number of pyridine rings is 1. The summed E-state index contributed by atoms with van der Waals surface area (Å²) in [6.45, 7) is 3.61. The molecule has 1 aromatic heterocycles. The smallest absolute Gasteiger partial charge is 0.303 e. The number of ketones is 1. The van der Waals surface area contributed by atoms with Crippen LogP contribution in [0.3, 0.4) is 0 Å². The molecule has 0 aliphatic heterocycles. The monoisotopic (exact) mass is 471 g/mol. The Labute approximate surface area is 205 Å². The number of aromatic nitrogens is 1. The van der Waals surface area contributed by atoms with Crippen LogP contribution in [0.15, 0.2) is 72.0 Å². The molecule has 0 spiro atoms. The number of carbonyl (C=O) groups excluding carboxylic acids is 1. The number of aliphatic hydroxyl groups excluding tert-OH is 1. The molecule has 0 saturated heterocycles. The van der Waals surface area contributed by atoms with Crippen molar-refractivity contribution in [2.75, 3.05) is 18.5 Å². The summed E-state index contributed by atoms with van der Waals surface area (Å²) < 4.78 is 2.21. The molecule has 2 aromatic carbocycles. The minimum Gasteiger partial charge on any atom is -0.506 e. The third kappa shape index (κ3) is 5.11. The Kier molecular flexibility index (Phi) is 7.30. The second kappa shape index (κ2) is 10.6. The number of anilines is 1. The largest absolute Gasteiger partial charge is 0.506 e. The molecule has 0 bridgehead atoms. The summed E-state index contributed by atoms with van der Waals surface area (Å²) in [7, 11) is 1.90. The second-order valence-corrected chi connectivity index (χ2v) is 8.90. The van der Waals surface area contributed by atoms with Crippen molar-refractivity contribution in [3.63, 3.8) is 0 Å². The van der Waals surface area contributed by atoms with Gasteiger partial charge in [-0.3, -0.25) is 9.59 Å². The Hall–Kier alpha value is -3.93. The second-order valence-electron chi connectivity index (χ2n) is 8.90. The van der Waals surface area contributed by atoms with Crippen LogP contribution in [-0.4, -0.2) is 35.6 Å². The Morgan fingerprint density at radius 3 is 2.46 bits per heavy atom. The number of para-hydroxylation sites is 1. The lowest BCUT2D eigenvalue weighted by molar-refractivity contribution is -0.673. The molecule has 0 saturated carbocycles. The van der Waals surface area contributed by atoms with Gasteiger partial charge in [0.1, 0.15) is 12.3 Å². The molecule has 6 heteroatoms. The maximum Gasteiger partial charge on any atom is 0.303 e. The number of aryl methyl sites for hydroxylation is 1. The fourth-order valence-electron chi connectivity index (χ4n) is 4.42. The molecule has 0 atom stereocenters. The zero-order chi connectivity index (χ0) is 24.9. The van der Waals surface area contributed by atoms with Gasteiger partial charge in [0.15, 0.2) is 0 Å². The molecule has 4 rings (SSSR count). The third-order valence-electron chi connectivity index (χ3n) is 6.44. The van der Waals surface area contributed by atoms with Crippen LogP contribution >= 0.6 is 0 Å². The fraction of sp³-hybridized carbons (Fsp3) is 0.276. The van der Waals surface area contributed by atoms with Crippen molar-refractivity contribution in [2.45, 2.75) is 39.2 Å². The van der Waals surface area contributed by atoms with E-state index in [0.29, 0.717) is 29.7 Å². The van der Waals surface area contributed by atoms with Gasteiger partial charge in [0.2, 0.25) is 17.0 Å². The van der Waals surface area contributed by atoms with Crippen LogP contribution in [0.25, 0.3) is 22.6 Å². The number of nitrogens with zero attached hydrogens (tertiary/aromatic N) is 2. The van der Waals surface area contributed by atoms with E-state index in [4.69, 9.17) is 5.11 Å². The maximum absolute atomic E-state index is 13.0. The Bertz CT molecular complexity index is 1320. The van der Waals surface area contributed by atoms with Crippen LogP contribution in [0.1, 0.15) is 43.9 Å². The molecule has 3 aromatic rings. The molecule has 1 aliphatic carbocycles. The van der Waals surface area contributed by atoms with E-state index < -0.39 is 5.97 Å². The van der Waals surface area contributed by atoms with Crippen LogP contribution in [-0.2, 0) is 16.1 Å². The van der Waals surface area contributed by atoms with Crippen molar-refractivity contribution < 1.29 is 24.4 Å². The van der Waals surface area contributed by atoms with Gasteiger partial charge in [-0.1, -0.05) is 37.6 Å². The number of carboxylic acids is 1. The zero-order valence-electron chi connectivity index (χ0n) is 20.2. The molecular formula is C29H31N2O4+. The Morgan fingerprint density at radius 2 is 1.77 bits per heavy atom. The quantitative estimate of drug-likeness (QED) is 0.315. The van der Waals surface area contributed by atoms with Gasteiger partial charge in [0.25, 0.3) is 0 Å². The van der Waals surface area contributed by atoms with Crippen LogP contribution in [0, 0.1) is 0 Å². The van der Waals surface area contributed by atoms with E-state index in [-0.39, 0.29) is 18.0 Å². The number of aliphatic hydroxyl groups is 1. The Morgan fingerprint density at radius 1 is 1.03 bits per heavy atom. The summed E-state index contributed by atoms with van der Waals surface area (Å²) in [5, 5.41) is 20.7. The maximum atomic E-state index is 13.0. The van der Waals surface area contributed by atoms with E-state index in [0.717, 1.165) is 41.7 Å². The number of benzene rings is 2. The van der Waals surface area contributed by atoms with Crippen molar-refractivity contribution in [1.29, 1.82) is 0 Å². The Balaban J connectivity index is 1.58. The van der Waals surface area contributed by atoms with Crippen LogP contribution < -0.4 is 9.47 Å². The molecule has 1 heterocycles. The molecule has 35 heavy (non-hydrogen) atoms. The zero-order valence-corrected chi connectivity index (χ0v) is 20.2. The van der Waals surface area contributed by atoms with E-state index in [9.17, 15) is 14.7 Å². The van der Waals surface area contributed by atoms with E-state index in [1.54, 1.807) is 6.08 Å². The van der Waals surface area contributed by atoms with Gasteiger partial charge in [0, 0.05) is 55.7 Å². The molecule has 0 radical (unpaired) electrons. The minimum atomic E-state index is -0.803. The van der Waals surface area contributed by atoms with E-state index in [2.05, 4.69) is 23.6 Å². The normalized spacial score (nSPS) is 14.5. The summed E-state index contributed by atoms with van der Waals surface area (Å²) in [5.74, 6) is -0.948. The third-order valence-corrected chi connectivity index (χ3v) is 6.44. The van der Waals surface area contributed by atoms with E-state index in [1.165, 1.54) is 0 Å². The van der Waals surface area contributed by atoms with Crippen molar-refractivity contribution in [1.82, 2.24) is 0 Å². The highest BCUT2D eigenvalue weighted by Gasteiger charge is 2.35. The van der Waals surface area contributed by atoms with E-state index in [1.807, 2.05) is 60.5 Å². The van der Waals surface area contributed by atoms with Crippen LogP contribution in [0.4, 0.5) is 5.69 Å². The summed E-state index contributed by atoms with van der Waals surface area (Å²) >= 11 is 0. The summed E-state index contributed by atoms with van der Waals surface area (Å²) in [6.07, 6.45) is 4.55. The van der Waals surface area contributed by atoms with Crippen LogP contribution in [0.5, 0.6) is 0 Å². The number of hydrogen-bond donors (Lipinski definition) is 2. The average molecular weight is 472 g/mol. The van der Waals surface area contributed by atoms with Crippen molar-refractivity contribution >= 4 is 40.0 Å². The molecule has 0 unspecified atom stereocenters. The minimum absolute atomic E-state index is 0.0211. The summed E-state index contributed by atoms with van der Waals surface area (Å²) in [4.78, 5) is 25.7. The van der Waals surface area contributed by atoms with Crippen molar-refractivity contribution in [3.8, 4) is 0 Å². The lowest BCUT2D eigenvalue weighted by Crippen LogP contribution is -2.38. The lowest BCUT2D eigenvalue weighted by atomic mass is 9.83. The number of allylic oxidation sites excluding steroid dienone is 2. The molecule has 180 valence electrons. The van der Waals surface area contributed by atoms with Crippen molar-refractivity contribution in [3.05, 3.63) is 83.3 Å². The summed E-state index contributed by atoms with van der Waals surface area (Å²) in [5.41, 5.74) is 4.26. The first kappa shape index (κ1) is 24.2. The lowest BCUT2D eigenvalue weighted by Gasteiger charge is -2.23. The summed E-state index contributed by atoms with van der Waals surface area (Å²) in [6, 6.07) is 19.6. The molecule has 2 N–H and O–H groups in total. The first-order valence-electron chi connectivity index (χ1n) is 12.1. The number of rotatable bonds is 10. The number of unbranched alkanes of at least 4 members (excludes halogenated alkanes) is 1. The van der Waals surface area contributed by atoms with Gasteiger partial charge >= 0.3 is 5.97 Å². The first-order valence-corrected chi connectivity index (χ1v) is 12.1. The van der Waals surface area contributed by atoms with Crippen molar-refractivity contribution in [2.24, 2.45) is 0 Å². The molecule has 0 fully saturated rings. The standard InChI is InChI=1S/C29H30N2O4/c1-3-4-18-31-23(16-11-20-8-5-6-9-25(20)31)19-24-28(34)27(29(24)35)21-12-14-22(15-13-21)30(2)17-7-10-26(32)33/h5-6,8-9,11-16,19H,3-4,7,10,17-18H2,1-2H3,(H-,32,33,34,35)/p+1. The number of carbonyl (C=O) groups is 2. The number of carboxylic acid groups (broad SMARTS) is 1. The molecular weight excluding hydrogens is 440 g/mol. The first-order chi connectivity index (χ1) is 16.9. The number of Topliss-reactive ketones (excluding diaryl/α,β-unsaturated/α-hetero) is 1. The number of aliphatic carboxylic acids is 1. The van der Waals surface area contributed by atoms with Gasteiger partial charge in [-0.25, -0.2) is 0 Å². The highest BCUT2D eigenvalue weighted by molar-refractivity contribution is 6.40. The highest BCUT2D eigenvalue weighted by Crippen LogP contribution is 2.37. The van der Waals surface area contributed by atoms with Crippen LogP contribution in [0.2, 0.25) is 0 Å². The van der Waals surface area contributed by atoms with Gasteiger partial charge in [-0.2, -0.15) is 4.57 Å². The van der Waals surface area contributed by atoms with Gasteiger partial charge in [-0.15, -0.1) is 0 Å². The van der Waals surface area contributed by atoms with Gasteiger partial charge < -0.3 is 15.1 Å². The molecule has 1 aliphatic rings. The fourth-order valence-corrected chi connectivity index (χ4v) is 4.42. The highest BCUT2D eigenvalue weighted by atomic mass is 16.4. The number of hydrogen-bond acceptors (Lipinski definition) is 4. The predicted octanol–water partition coefficient (Wildman–Crippen LogP) is 5.16. The topological polar surface area (TPSA) is 81.7 Å².